The molecule has 6 heteroatoms. The molecule has 0 saturated heterocycles. The molecule has 0 N–H and O–H groups in total. The molecule has 0 aliphatic carbocycles. The van der Waals surface area contributed by atoms with Crippen LogP contribution in [0.15, 0.2) is 48.6 Å². The molecule has 0 amide bonds. The molecule has 0 radical (unpaired) electrons. The van der Waals surface area contributed by atoms with E-state index in [0.29, 0.717) is 19.3 Å². The van der Waals surface area contributed by atoms with E-state index in [9.17, 15) is 14.4 Å². The summed E-state index contributed by atoms with van der Waals surface area (Å²) in [6.07, 6.45) is 51.1. The van der Waals surface area contributed by atoms with Crippen molar-refractivity contribution in [1.82, 2.24) is 0 Å². The Morgan fingerprint density at radius 2 is 0.709 bits per heavy atom. The summed E-state index contributed by atoms with van der Waals surface area (Å²) in [6, 6.07) is 0. The maximum absolute atomic E-state index is 12.7. The van der Waals surface area contributed by atoms with Gasteiger partial charge in [-0.2, -0.15) is 0 Å². The fraction of sp³-hybridized carbons (Fsp3) is 0.776. The SMILES string of the molecule is CC/C=C\C/C=C\C/C=C\C/C=C\CCC(=O)OC(COC(=O)CCCCCCCCCCC)COC(=O)CCCCCCCCCCCCCCCCC. The first kappa shape index (κ1) is 52.4. The van der Waals surface area contributed by atoms with E-state index in [-0.39, 0.29) is 37.5 Å². The summed E-state index contributed by atoms with van der Waals surface area (Å²) in [5.74, 6) is -0.981. The number of hydrogen-bond donors (Lipinski definition) is 0. The van der Waals surface area contributed by atoms with Crippen molar-refractivity contribution in [3.8, 4) is 0 Å². The third kappa shape index (κ3) is 42.4. The highest BCUT2D eigenvalue weighted by Gasteiger charge is 2.19. The smallest absolute Gasteiger partial charge is 0.306 e. The number of carbonyl (C=O) groups excluding carboxylic acids is 3. The van der Waals surface area contributed by atoms with E-state index >= 15 is 0 Å². The Kier molecular flexibility index (Phi) is 42.0. The predicted octanol–water partition coefficient (Wildman–Crippen LogP) is 14.8. The Balaban J connectivity index is 4.41. The van der Waals surface area contributed by atoms with Gasteiger partial charge in [0.2, 0.25) is 0 Å². The van der Waals surface area contributed by atoms with Crippen LogP contribution in [0.3, 0.4) is 0 Å². The Morgan fingerprint density at radius 3 is 1.07 bits per heavy atom. The van der Waals surface area contributed by atoms with Crippen LogP contribution in [0.1, 0.15) is 226 Å². The molecule has 0 heterocycles. The van der Waals surface area contributed by atoms with Crippen molar-refractivity contribution in [3.05, 3.63) is 48.6 Å². The summed E-state index contributed by atoms with van der Waals surface area (Å²) in [5, 5.41) is 0. The van der Waals surface area contributed by atoms with Crippen LogP contribution in [0.5, 0.6) is 0 Å². The fourth-order valence-corrected chi connectivity index (χ4v) is 6.40. The largest absolute Gasteiger partial charge is 0.462 e. The first-order valence-electron chi connectivity index (χ1n) is 23.1. The molecule has 1 atom stereocenters. The molecule has 0 aromatic heterocycles. The number of allylic oxidation sites excluding steroid dienone is 8. The van der Waals surface area contributed by atoms with Gasteiger partial charge in [0.1, 0.15) is 13.2 Å². The second-order valence-corrected chi connectivity index (χ2v) is 15.3. The van der Waals surface area contributed by atoms with Gasteiger partial charge in [-0.25, -0.2) is 0 Å². The number of ether oxygens (including phenoxy) is 3. The summed E-state index contributed by atoms with van der Waals surface area (Å²) in [6.45, 7) is 6.44. The van der Waals surface area contributed by atoms with Crippen LogP contribution in [0.25, 0.3) is 0 Å². The maximum atomic E-state index is 12.7. The quantitative estimate of drug-likeness (QED) is 0.0267. The van der Waals surface area contributed by atoms with E-state index in [1.807, 2.05) is 12.2 Å². The van der Waals surface area contributed by atoms with E-state index < -0.39 is 6.10 Å². The Labute approximate surface area is 339 Å². The van der Waals surface area contributed by atoms with Gasteiger partial charge < -0.3 is 14.2 Å². The Bertz CT molecular complexity index is 980. The molecule has 0 saturated carbocycles. The molecular formula is C49H86O6. The van der Waals surface area contributed by atoms with Gasteiger partial charge >= 0.3 is 17.9 Å². The van der Waals surface area contributed by atoms with Gasteiger partial charge in [0.05, 0.1) is 0 Å². The van der Waals surface area contributed by atoms with Crippen LogP contribution in [0.4, 0.5) is 0 Å². The van der Waals surface area contributed by atoms with Gasteiger partial charge in [-0.15, -0.1) is 0 Å². The monoisotopic (exact) mass is 771 g/mol. The lowest BCUT2D eigenvalue weighted by Crippen LogP contribution is -2.30. The highest BCUT2D eigenvalue weighted by molar-refractivity contribution is 5.71. The highest BCUT2D eigenvalue weighted by Crippen LogP contribution is 2.15. The lowest BCUT2D eigenvalue weighted by molar-refractivity contribution is -0.166. The summed E-state index contributed by atoms with van der Waals surface area (Å²) in [4.78, 5) is 37.7. The third-order valence-corrected chi connectivity index (χ3v) is 9.86. The number of esters is 3. The fourth-order valence-electron chi connectivity index (χ4n) is 6.40. The molecule has 0 rings (SSSR count). The normalized spacial score (nSPS) is 12.4. The molecule has 55 heavy (non-hydrogen) atoms. The molecule has 0 spiro atoms. The Morgan fingerprint density at radius 1 is 0.382 bits per heavy atom. The van der Waals surface area contributed by atoms with Crippen molar-refractivity contribution < 1.29 is 28.6 Å². The van der Waals surface area contributed by atoms with E-state index in [4.69, 9.17) is 14.2 Å². The zero-order chi connectivity index (χ0) is 40.1. The van der Waals surface area contributed by atoms with Crippen LogP contribution in [0.2, 0.25) is 0 Å². The molecule has 318 valence electrons. The summed E-state index contributed by atoms with van der Waals surface area (Å²) >= 11 is 0. The van der Waals surface area contributed by atoms with E-state index in [0.717, 1.165) is 64.2 Å². The summed E-state index contributed by atoms with van der Waals surface area (Å²) < 4.78 is 16.6. The van der Waals surface area contributed by atoms with E-state index in [1.54, 1.807) is 0 Å². The average Bonchev–Trinajstić information content (AvgIpc) is 3.18. The number of unbranched alkanes of at least 4 members (excludes halogenated alkanes) is 22. The highest BCUT2D eigenvalue weighted by atomic mass is 16.6. The molecule has 0 fully saturated rings. The standard InChI is InChI=1S/C49H86O6/c1-4-7-10-13-16-19-21-23-24-26-27-30-33-36-39-42-48(51)54-45-46(44-53-47(50)41-38-35-32-29-18-15-12-9-6-3)55-49(52)43-40-37-34-31-28-25-22-20-17-14-11-8-5-2/h8,11,17,20,25,28,34,37,46H,4-7,9-10,12-16,18-19,21-24,26-27,29-33,35-36,38-45H2,1-3H3/b11-8-,20-17-,28-25-,37-34-. The minimum atomic E-state index is -0.804. The summed E-state index contributed by atoms with van der Waals surface area (Å²) in [5.41, 5.74) is 0. The number of carbonyl (C=O) groups is 3. The first-order valence-corrected chi connectivity index (χ1v) is 23.1. The molecule has 1 unspecified atom stereocenters. The number of rotatable bonds is 41. The number of hydrogen-bond acceptors (Lipinski definition) is 6. The van der Waals surface area contributed by atoms with Gasteiger partial charge in [0.15, 0.2) is 6.10 Å². The molecular weight excluding hydrogens is 685 g/mol. The zero-order valence-corrected chi connectivity index (χ0v) is 36.2. The van der Waals surface area contributed by atoms with Crippen LogP contribution < -0.4 is 0 Å². The van der Waals surface area contributed by atoms with Gasteiger partial charge in [0.25, 0.3) is 0 Å². The van der Waals surface area contributed by atoms with Crippen molar-refractivity contribution in [2.75, 3.05) is 13.2 Å². The van der Waals surface area contributed by atoms with Crippen molar-refractivity contribution in [1.29, 1.82) is 0 Å². The van der Waals surface area contributed by atoms with Gasteiger partial charge in [0, 0.05) is 19.3 Å². The molecule has 0 aromatic carbocycles. The van der Waals surface area contributed by atoms with Crippen LogP contribution >= 0.6 is 0 Å². The minimum absolute atomic E-state index is 0.0986. The van der Waals surface area contributed by atoms with Crippen molar-refractivity contribution in [3.63, 3.8) is 0 Å². The molecule has 6 nitrogen and oxygen atoms in total. The molecule has 0 aromatic rings. The lowest BCUT2D eigenvalue weighted by atomic mass is 10.0. The first-order chi connectivity index (χ1) is 27.0. The van der Waals surface area contributed by atoms with Crippen molar-refractivity contribution in [2.45, 2.75) is 232 Å². The minimum Gasteiger partial charge on any atom is -0.462 e. The third-order valence-electron chi connectivity index (χ3n) is 9.86. The topological polar surface area (TPSA) is 78.9 Å². The van der Waals surface area contributed by atoms with Crippen LogP contribution in [-0.2, 0) is 28.6 Å². The summed E-state index contributed by atoms with van der Waals surface area (Å²) in [7, 11) is 0. The molecule has 0 aliphatic heterocycles. The van der Waals surface area contributed by atoms with Gasteiger partial charge in [-0.3, -0.25) is 14.4 Å². The van der Waals surface area contributed by atoms with Gasteiger partial charge in [-0.1, -0.05) is 211 Å². The maximum Gasteiger partial charge on any atom is 0.306 e. The molecule has 0 bridgehead atoms. The van der Waals surface area contributed by atoms with Crippen molar-refractivity contribution in [2.24, 2.45) is 0 Å². The average molecular weight is 771 g/mol. The van der Waals surface area contributed by atoms with Gasteiger partial charge in [-0.05, 0) is 44.9 Å². The Hall–Kier alpha value is -2.63. The second kappa shape index (κ2) is 44.1. The van der Waals surface area contributed by atoms with E-state index in [2.05, 4.69) is 57.2 Å². The lowest BCUT2D eigenvalue weighted by Gasteiger charge is -2.18. The van der Waals surface area contributed by atoms with Crippen LogP contribution in [0, 0.1) is 0 Å². The predicted molar refractivity (Wildman–Crippen MR) is 233 cm³/mol. The molecule has 0 aliphatic rings. The van der Waals surface area contributed by atoms with Crippen molar-refractivity contribution >= 4 is 17.9 Å². The zero-order valence-electron chi connectivity index (χ0n) is 36.2. The second-order valence-electron chi connectivity index (χ2n) is 15.3. The van der Waals surface area contributed by atoms with Crippen LogP contribution in [-0.4, -0.2) is 37.2 Å². The van der Waals surface area contributed by atoms with E-state index in [1.165, 1.54) is 116 Å².